The van der Waals surface area contributed by atoms with Crippen molar-refractivity contribution in [2.75, 3.05) is 27.3 Å². The summed E-state index contributed by atoms with van der Waals surface area (Å²) in [7, 11) is 2.68. The number of hydrogen-bond donors (Lipinski definition) is 1. The predicted molar refractivity (Wildman–Crippen MR) is 108 cm³/mol. The standard InChI is InChI=1S/C22H27FN2O4/c1-4-22(13-19(28-2)20(26)29-3)9-5-10-25(21(22)27)11-8-15-14-24-18-7-6-16(23)12-17(15)18/h6-7,12-14,24H,4-5,8-11H2,1-3H3/b19-13-/t22-/m0/s1. The Morgan fingerprint density at radius 1 is 1.34 bits per heavy atom. The average molecular weight is 402 g/mol. The van der Waals surface area contributed by atoms with Crippen molar-refractivity contribution in [1.29, 1.82) is 0 Å². The number of fused-ring (bicyclic) bond motifs is 1. The number of nitrogens with zero attached hydrogens (tertiary/aromatic N) is 1. The minimum Gasteiger partial charge on any atom is -0.490 e. The Bertz CT molecular complexity index is 936. The van der Waals surface area contributed by atoms with Crippen LogP contribution in [0.15, 0.2) is 36.2 Å². The van der Waals surface area contributed by atoms with Crippen LogP contribution in [0.4, 0.5) is 4.39 Å². The van der Waals surface area contributed by atoms with Crippen molar-refractivity contribution in [1.82, 2.24) is 9.88 Å². The SMILES string of the molecule is CC[C@@]1(/C=C(\OC)C(=O)OC)CCCN(CCc2c[nH]c3ccc(F)cc23)C1=O. The number of halogens is 1. The number of piperidine rings is 1. The third-order valence-electron chi connectivity index (χ3n) is 5.79. The van der Waals surface area contributed by atoms with Gasteiger partial charge in [-0.25, -0.2) is 9.18 Å². The van der Waals surface area contributed by atoms with Crippen LogP contribution in [0.25, 0.3) is 10.9 Å². The number of hydrogen-bond acceptors (Lipinski definition) is 4. The fourth-order valence-corrected chi connectivity index (χ4v) is 4.05. The second-order valence-corrected chi connectivity index (χ2v) is 7.36. The average Bonchev–Trinajstić information content (AvgIpc) is 3.13. The minimum absolute atomic E-state index is 0.0178. The van der Waals surface area contributed by atoms with Crippen molar-refractivity contribution >= 4 is 22.8 Å². The Kier molecular flexibility index (Phi) is 6.25. The van der Waals surface area contributed by atoms with Gasteiger partial charge in [-0.1, -0.05) is 6.92 Å². The van der Waals surface area contributed by atoms with Gasteiger partial charge in [0.1, 0.15) is 5.82 Å². The summed E-state index contributed by atoms with van der Waals surface area (Å²) in [4.78, 5) is 30.2. The molecule has 1 amide bonds. The lowest BCUT2D eigenvalue weighted by atomic mass is 9.76. The number of aromatic amines is 1. The van der Waals surface area contributed by atoms with Gasteiger partial charge in [0, 0.05) is 30.2 Å². The number of aromatic nitrogens is 1. The summed E-state index contributed by atoms with van der Waals surface area (Å²) in [6.45, 7) is 3.12. The maximum atomic E-state index is 13.6. The Labute approximate surface area is 169 Å². The number of rotatable bonds is 7. The fraction of sp³-hybridized carbons (Fsp3) is 0.455. The first-order chi connectivity index (χ1) is 13.9. The van der Waals surface area contributed by atoms with Crippen LogP contribution in [-0.4, -0.2) is 49.1 Å². The molecule has 0 spiro atoms. The molecule has 0 unspecified atom stereocenters. The summed E-state index contributed by atoms with van der Waals surface area (Å²) < 4.78 is 23.5. The molecule has 1 aromatic carbocycles. The molecule has 0 bridgehead atoms. The first-order valence-electron chi connectivity index (χ1n) is 9.84. The summed E-state index contributed by atoms with van der Waals surface area (Å²) in [5.74, 6) is -0.837. The number of carbonyl (C=O) groups excluding carboxylic acids is 2. The largest absolute Gasteiger partial charge is 0.490 e. The molecule has 2 heterocycles. The van der Waals surface area contributed by atoms with Gasteiger partial charge in [0.2, 0.25) is 11.7 Å². The van der Waals surface area contributed by atoms with E-state index in [2.05, 4.69) is 4.98 Å². The lowest BCUT2D eigenvalue weighted by Gasteiger charge is -2.39. The molecule has 1 aliphatic heterocycles. The zero-order valence-electron chi connectivity index (χ0n) is 17.1. The summed E-state index contributed by atoms with van der Waals surface area (Å²) >= 11 is 0. The molecule has 0 saturated carbocycles. The van der Waals surface area contributed by atoms with E-state index in [0.29, 0.717) is 32.4 Å². The molecule has 1 aliphatic rings. The van der Waals surface area contributed by atoms with Gasteiger partial charge in [0.15, 0.2) is 0 Å². The van der Waals surface area contributed by atoms with Gasteiger partial charge >= 0.3 is 5.97 Å². The van der Waals surface area contributed by atoms with Crippen molar-refractivity contribution in [3.05, 3.63) is 47.6 Å². The van der Waals surface area contributed by atoms with Gasteiger partial charge in [-0.3, -0.25) is 4.79 Å². The third kappa shape index (κ3) is 4.13. The van der Waals surface area contributed by atoms with Crippen LogP contribution in [0.2, 0.25) is 0 Å². The van der Waals surface area contributed by atoms with E-state index in [-0.39, 0.29) is 17.5 Å². The summed E-state index contributed by atoms with van der Waals surface area (Å²) in [6, 6.07) is 4.65. The number of H-pyrrole nitrogens is 1. The number of esters is 1. The predicted octanol–water partition coefficient (Wildman–Crippen LogP) is 3.57. The van der Waals surface area contributed by atoms with Crippen LogP contribution in [0.3, 0.4) is 0 Å². The Balaban J connectivity index is 1.80. The minimum atomic E-state index is -0.788. The smallest absolute Gasteiger partial charge is 0.372 e. The van der Waals surface area contributed by atoms with E-state index in [1.54, 1.807) is 12.1 Å². The van der Waals surface area contributed by atoms with Crippen LogP contribution in [0.5, 0.6) is 0 Å². The summed E-state index contributed by atoms with van der Waals surface area (Å²) in [5.41, 5.74) is 1.06. The number of carbonyl (C=O) groups is 2. The molecule has 1 atom stereocenters. The second kappa shape index (κ2) is 8.68. The Morgan fingerprint density at radius 3 is 2.83 bits per heavy atom. The molecule has 0 radical (unpaired) electrons. The van der Waals surface area contributed by atoms with Crippen molar-refractivity contribution < 1.29 is 23.5 Å². The number of benzene rings is 1. The Morgan fingerprint density at radius 2 is 2.14 bits per heavy atom. The first-order valence-corrected chi connectivity index (χ1v) is 9.84. The molecule has 1 saturated heterocycles. The monoisotopic (exact) mass is 402 g/mol. The van der Waals surface area contributed by atoms with Crippen molar-refractivity contribution in [3.8, 4) is 0 Å². The zero-order valence-corrected chi connectivity index (χ0v) is 17.1. The number of likely N-dealkylation sites (tertiary alicyclic amines) is 1. The van der Waals surface area contributed by atoms with Crippen LogP contribution in [0.1, 0.15) is 31.7 Å². The number of nitrogens with one attached hydrogen (secondary N) is 1. The van der Waals surface area contributed by atoms with Gasteiger partial charge in [-0.2, -0.15) is 0 Å². The van der Waals surface area contributed by atoms with Gasteiger partial charge in [-0.15, -0.1) is 0 Å². The topological polar surface area (TPSA) is 71.6 Å². The lowest BCUT2D eigenvalue weighted by molar-refractivity contribution is -0.143. The van der Waals surface area contributed by atoms with Gasteiger partial charge in [0.05, 0.1) is 19.6 Å². The van der Waals surface area contributed by atoms with Crippen LogP contribution >= 0.6 is 0 Å². The molecule has 6 nitrogen and oxygen atoms in total. The van der Waals surface area contributed by atoms with E-state index in [9.17, 15) is 14.0 Å². The van der Waals surface area contributed by atoms with E-state index >= 15 is 0 Å². The lowest BCUT2D eigenvalue weighted by Crippen LogP contribution is -2.48. The summed E-state index contributed by atoms with van der Waals surface area (Å²) in [5, 5.41) is 0.837. The van der Waals surface area contributed by atoms with E-state index < -0.39 is 11.4 Å². The van der Waals surface area contributed by atoms with Crippen LogP contribution in [0, 0.1) is 11.2 Å². The summed E-state index contributed by atoms with van der Waals surface area (Å²) in [6.07, 6.45) is 6.15. The molecule has 1 N–H and O–H groups in total. The highest BCUT2D eigenvalue weighted by Crippen LogP contribution is 2.37. The number of methoxy groups -OCH3 is 2. The molecular weight excluding hydrogens is 375 g/mol. The van der Waals surface area contributed by atoms with E-state index in [1.165, 1.54) is 26.4 Å². The van der Waals surface area contributed by atoms with Crippen molar-refractivity contribution in [2.24, 2.45) is 5.41 Å². The second-order valence-electron chi connectivity index (χ2n) is 7.36. The molecule has 156 valence electrons. The van der Waals surface area contributed by atoms with Crippen LogP contribution in [-0.2, 0) is 25.5 Å². The highest BCUT2D eigenvalue weighted by atomic mass is 19.1. The highest BCUT2D eigenvalue weighted by Gasteiger charge is 2.42. The van der Waals surface area contributed by atoms with Gasteiger partial charge < -0.3 is 19.4 Å². The number of ether oxygens (including phenoxy) is 2. The maximum absolute atomic E-state index is 13.6. The normalized spacial score (nSPS) is 20.2. The molecule has 2 aromatic rings. The van der Waals surface area contributed by atoms with Gasteiger partial charge in [-0.05, 0) is 55.5 Å². The van der Waals surface area contributed by atoms with Crippen molar-refractivity contribution in [3.63, 3.8) is 0 Å². The fourth-order valence-electron chi connectivity index (χ4n) is 4.05. The molecule has 1 aromatic heterocycles. The number of amides is 1. The van der Waals surface area contributed by atoms with E-state index in [4.69, 9.17) is 9.47 Å². The van der Waals surface area contributed by atoms with Gasteiger partial charge in [0.25, 0.3) is 0 Å². The van der Waals surface area contributed by atoms with Crippen LogP contribution < -0.4 is 0 Å². The molecule has 1 fully saturated rings. The van der Waals surface area contributed by atoms with E-state index in [1.807, 2.05) is 18.0 Å². The molecule has 0 aliphatic carbocycles. The first kappa shape index (κ1) is 20.9. The molecule has 3 rings (SSSR count). The van der Waals surface area contributed by atoms with Crippen molar-refractivity contribution in [2.45, 2.75) is 32.6 Å². The Hall–Kier alpha value is -2.83. The molecular formula is C22H27FN2O4. The highest BCUT2D eigenvalue weighted by molar-refractivity contribution is 5.90. The third-order valence-corrected chi connectivity index (χ3v) is 5.79. The molecule has 7 heteroatoms. The van der Waals surface area contributed by atoms with E-state index in [0.717, 1.165) is 22.9 Å². The quantitative estimate of drug-likeness (QED) is 0.437. The zero-order chi connectivity index (χ0) is 21.0. The maximum Gasteiger partial charge on any atom is 0.372 e. The molecule has 29 heavy (non-hydrogen) atoms.